The number of hydrogen-bond donors (Lipinski definition) is 0. The summed E-state index contributed by atoms with van der Waals surface area (Å²) in [6.07, 6.45) is 1.46. The quantitative estimate of drug-likeness (QED) is 0.330. The van der Waals surface area contributed by atoms with Crippen molar-refractivity contribution in [2.45, 2.75) is 26.2 Å². The molecular weight excluding hydrogens is 292 g/mol. The first-order valence-corrected chi connectivity index (χ1v) is 6.28. The average Bonchev–Trinajstić information content (AvgIpc) is 2.39. The molecule has 8 heteroatoms. The van der Waals surface area contributed by atoms with Gasteiger partial charge in [0.1, 0.15) is 17.5 Å². The molecule has 0 radical (unpaired) electrons. The lowest BCUT2D eigenvalue weighted by atomic mass is 9.85. The van der Waals surface area contributed by atoms with Crippen molar-refractivity contribution in [3.63, 3.8) is 0 Å². The Balaban J connectivity index is 3.81. The van der Waals surface area contributed by atoms with E-state index < -0.39 is 38.7 Å². The van der Waals surface area contributed by atoms with Gasteiger partial charge in [-0.3, -0.25) is 29.8 Å². The van der Waals surface area contributed by atoms with Crippen LogP contribution in [0.4, 0.5) is 11.4 Å². The van der Waals surface area contributed by atoms with Gasteiger partial charge in [0.25, 0.3) is 11.4 Å². The van der Waals surface area contributed by atoms with E-state index in [4.69, 9.17) is 0 Å². The molecule has 0 aliphatic heterocycles. The summed E-state index contributed by atoms with van der Waals surface area (Å²) in [5.74, 6) is -2.44. The lowest BCUT2D eigenvalue weighted by molar-refractivity contribution is -0.394. The van der Waals surface area contributed by atoms with E-state index in [9.17, 15) is 29.8 Å². The summed E-state index contributed by atoms with van der Waals surface area (Å²) in [4.78, 5) is 44.0. The van der Waals surface area contributed by atoms with Crippen molar-refractivity contribution in [1.82, 2.24) is 0 Å². The van der Waals surface area contributed by atoms with Gasteiger partial charge >= 0.3 is 0 Å². The number of carbonyl (C=O) groups is 2. The molecule has 0 saturated carbocycles. The highest BCUT2D eigenvalue weighted by Gasteiger charge is 2.34. The summed E-state index contributed by atoms with van der Waals surface area (Å²) in [6, 6.07) is 1.89. The summed E-state index contributed by atoms with van der Waals surface area (Å²) in [5.41, 5.74) is -1.01. The number of nitrogens with zero attached hydrogens (tertiary/aromatic N) is 2. The predicted molar refractivity (Wildman–Crippen MR) is 77.8 cm³/mol. The molecule has 22 heavy (non-hydrogen) atoms. The molecule has 0 spiro atoms. The van der Waals surface area contributed by atoms with E-state index in [2.05, 4.69) is 6.58 Å². The van der Waals surface area contributed by atoms with Crippen molar-refractivity contribution in [3.8, 4) is 0 Å². The number of nitro benzene ring substituents is 2. The summed E-state index contributed by atoms with van der Waals surface area (Å²) in [7, 11) is 0. The number of allylic oxidation sites excluding steroid dienone is 1. The molecule has 0 aliphatic rings. The van der Waals surface area contributed by atoms with Crippen LogP contribution in [0, 0.1) is 20.2 Å². The van der Waals surface area contributed by atoms with Crippen molar-refractivity contribution in [3.05, 3.63) is 56.1 Å². The first-order chi connectivity index (χ1) is 10.2. The molecule has 1 aromatic carbocycles. The molecule has 0 aliphatic carbocycles. The maximum atomic E-state index is 11.7. The summed E-state index contributed by atoms with van der Waals surface area (Å²) >= 11 is 0. The number of nitro groups is 2. The zero-order chi connectivity index (χ0) is 17.0. The fourth-order valence-corrected chi connectivity index (χ4v) is 2.29. The number of carbonyl (C=O) groups excluding carboxylic acids is 2. The van der Waals surface area contributed by atoms with Crippen molar-refractivity contribution in [2.75, 3.05) is 0 Å². The van der Waals surface area contributed by atoms with E-state index in [0.717, 1.165) is 26.0 Å². The van der Waals surface area contributed by atoms with Crippen LogP contribution < -0.4 is 0 Å². The number of hydrogen-bond acceptors (Lipinski definition) is 6. The molecule has 8 nitrogen and oxygen atoms in total. The standard InChI is InChI=1S/C14H14N2O6/c1-4-5-10-6-11(15(19)20)7-12(16(21)22)14(10)13(8(2)17)9(3)18/h4,6-7,13H,1,5H2,2-3H3. The third-order valence-electron chi connectivity index (χ3n) is 3.10. The monoisotopic (exact) mass is 306 g/mol. The summed E-state index contributed by atoms with van der Waals surface area (Å²) < 4.78 is 0. The molecule has 0 heterocycles. The molecule has 0 amide bonds. The Morgan fingerprint density at radius 2 is 1.73 bits per heavy atom. The van der Waals surface area contributed by atoms with Crippen molar-refractivity contribution in [1.29, 1.82) is 0 Å². The van der Waals surface area contributed by atoms with Crippen LogP contribution in [0.5, 0.6) is 0 Å². The van der Waals surface area contributed by atoms with Crippen molar-refractivity contribution in [2.24, 2.45) is 0 Å². The van der Waals surface area contributed by atoms with Gasteiger partial charge in [-0.25, -0.2) is 0 Å². The Morgan fingerprint density at radius 1 is 1.18 bits per heavy atom. The maximum absolute atomic E-state index is 11.7. The smallest absolute Gasteiger partial charge is 0.280 e. The van der Waals surface area contributed by atoms with Crippen LogP contribution in [0.1, 0.15) is 30.9 Å². The van der Waals surface area contributed by atoms with E-state index in [1.807, 2.05) is 0 Å². The molecule has 1 rings (SSSR count). The van der Waals surface area contributed by atoms with Gasteiger partial charge in [0.15, 0.2) is 0 Å². The first-order valence-electron chi connectivity index (χ1n) is 6.28. The van der Waals surface area contributed by atoms with Crippen LogP contribution in [-0.4, -0.2) is 21.4 Å². The van der Waals surface area contributed by atoms with Crippen LogP contribution in [0.25, 0.3) is 0 Å². The number of Topliss-reactive ketones (excluding diaryl/α,β-unsaturated/α-hetero) is 2. The SMILES string of the molecule is C=CCc1cc([N+](=O)[O-])cc([N+](=O)[O-])c1C(C(C)=O)C(C)=O. The Morgan fingerprint density at radius 3 is 2.09 bits per heavy atom. The third-order valence-corrected chi connectivity index (χ3v) is 3.10. The Bertz CT molecular complexity index is 666. The largest absolute Gasteiger partial charge is 0.299 e. The minimum absolute atomic E-state index is 0.0644. The first kappa shape index (κ1) is 17.2. The van der Waals surface area contributed by atoms with Gasteiger partial charge in [-0.15, -0.1) is 6.58 Å². The number of non-ortho nitro benzene ring substituents is 1. The van der Waals surface area contributed by atoms with Gasteiger partial charge in [0, 0.05) is 6.07 Å². The number of ketones is 2. The molecule has 0 unspecified atom stereocenters. The minimum Gasteiger partial charge on any atom is -0.299 e. The molecule has 1 aromatic rings. The molecule has 0 bridgehead atoms. The van der Waals surface area contributed by atoms with Gasteiger partial charge in [-0.1, -0.05) is 6.08 Å². The Labute approximate surface area is 125 Å². The van der Waals surface area contributed by atoms with E-state index in [-0.39, 0.29) is 17.5 Å². The fourth-order valence-electron chi connectivity index (χ4n) is 2.29. The molecule has 116 valence electrons. The summed E-state index contributed by atoms with van der Waals surface area (Å²) in [5, 5.41) is 22.1. The zero-order valence-corrected chi connectivity index (χ0v) is 12.1. The zero-order valence-electron chi connectivity index (χ0n) is 12.1. The molecule has 0 fully saturated rings. The van der Waals surface area contributed by atoms with Gasteiger partial charge in [-0.05, 0) is 25.8 Å². The Kier molecular flexibility index (Phi) is 5.23. The van der Waals surface area contributed by atoms with Gasteiger partial charge in [-0.2, -0.15) is 0 Å². The van der Waals surface area contributed by atoms with E-state index in [0.29, 0.717) is 0 Å². The topological polar surface area (TPSA) is 120 Å². The van der Waals surface area contributed by atoms with E-state index >= 15 is 0 Å². The second kappa shape index (κ2) is 6.70. The van der Waals surface area contributed by atoms with Crippen LogP contribution >= 0.6 is 0 Å². The lowest BCUT2D eigenvalue weighted by Crippen LogP contribution is -2.20. The van der Waals surface area contributed by atoms with E-state index in [1.165, 1.54) is 6.08 Å². The van der Waals surface area contributed by atoms with Gasteiger partial charge in [0.05, 0.1) is 21.5 Å². The van der Waals surface area contributed by atoms with Gasteiger partial charge < -0.3 is 0 Å². The maximum Gasteiger partial charge on any atom is 0.280 e. The second-order valence-electron chi connectivity index (χ2n) is 4.70. The highest BCUT2D eigenvalue weighted by molar-refractivity contribution is 6.06. The third kappa shape index (κ3) is 3.40. The van der Waals surface area contributed by atoms with Crippen LogP contribution in [-0.2, 0) is 16.0 Å². The highest BCUT2D eigenvalue weighted by atomic mass is 16.6. The average molecular weight is 306 g/mol. The Hall–Kier alpha value is -2.90. The van der Waals surface area contributed by atoms with Crippen LogP contribution in [0.2, 0.25) is 0 Å². The van der Waals surface area contributed by atoms with E-state index in [1.54, 1.807) is 0 Å². The van der Waals surface area contributed by atoms with Crippen molar-refractivity contribution >= 4 is 22.9 Å². The number of rotatable bonds is 7. The molecule has 0 N–H and O–H groups in total. The summed E-state index contributed by atoms with van der Waals surface area (Å²) in [6.45, 7) is 5.78. The van der Waals surface area contributed by atoms with Crippen LogP contribution in [0.15, 0.2) is 24.8 Å². The highest BCUT2D eigenvalue weighted by Crippen LogP contribution is 2.35. The second-order valence-corrected chi connectivity index (χ2v) is 4.70. The molecule has 0 aromatic heterocycles. The van der Waals surface area contributed by atoms with Gasteiger partial charge in [0.2, 0.25) is 0 Å². The van der Waals surface area contributed by atoms with Crippen LogP contribution in [0.3, 0.4) is 0 Å². The molecule has 0 atom stereocenters. The lowest BCUT2D eigenvalue weighted by Gasteiger charge is -2.15. The minimum atomic E-state index is -1.32. The molecule has 0 saturated heterocycles. The van der Waals surface area contributed by atoms with Crippen molar-refractivity contribution < 1.29 is 19.4 Å². The fraction of sp³-hybridized carbons (Fsp3) is 0.286. The number of benzene rings is 1. The normalized spacial score (nSPS) is 10.3. The molecular formula is C14H14N2O6. The predicted octanol–water partition coefficient (Wildman–Crippen LogP) is 2.49.